The summed E-state index contributed by atoms with van der Waals surface area (Å²) in [7, 11) is -1.46. The molecule has 1 atom stereocenters. The summed E-state index contributed by atoms with van der Waals surface area (Å²) in [5.74, 6) is 0.141. The second-order valence-electron chi connectivity index (χ2n) is 2.45. The second-order valence-corrected chi connectivity index (χ2v) is 3.50. The Hall–Kier alpha value is -1.27. The largest absolute Gasteiger partial charge is 0.269 e. The van der Waals surface area contributed by atoms with E-state index in [1.165, 1.54) is 12.1 Å². The van der Waals surface area contributed by atoms with E-state index in [1.54, 1.807) is 12.1 Å². The summed E-state index contributed by atoms with van der Waals surface area (Å²) in [6.07, 6.45) is 0. The molecule has 1 rings (SSSR count). The first-order valence-corrected chi connectivity index (χ1v) is 4.84. The highest BCUT2D eigenvalue weighted by atomic mass is 32.2. The lowest BCUT2D eigenvalue weighted by Gasteiger charge is -1.96. The van der Waals surface area contributed by atoms with E-state index in [9.17, 15) is 14.3 Å². The number of benzene rings is 1. The van der Waals surface area contributed by atoms with Crippen LogP contribution >= 0.6 is 0 Å². The van der Waals surface area contributed by atoms with E-state index in [-0.39, 0.29) is 11.4 Å². The minimum absolute atomic E-state index is 0.0112. The Morgan fingerprint density at radius 2 is 2.23 bits per heavy atom. The fourth-order valence-electron chi connectivity index (χ4n) is 0.924. The van der Waals surface area contributed by atoms with Gasteiger partial charge in [-0.05, 0) is 5.56 Å². The Bertz CT molecular complexity index is 353. The van der Waals surface area contributed by atoms with E-state index < -0.39 is 15.9 Å². The number of nitrogens with zero attached hydrogens (tertiary/aromatic N) is 1. The summed E-state index contributed by atoms with van der Waals surface area (Å²) in [5.41, 5.74) is 0.595. The lowest BCUT2D eigenvalue weighted by molar-refractivity contribution is -0.384. The summed E-state index contributed by atoms with van der Waals surface area (Å²) in [6, 6.07) is 5.94. The Morgan fingerprint density at radius 1 is 1.54 bits per heavy atom. The van der Waals surface area contributed by atoms with E-state index in [0.29, 0.717) is 5.56 Å². The zero-order valence-electron chi connectivity index (χ0n) is 6.67. The number of hydrogen-bond acceptors (Lipinski definition) is 3. The first-order chi connectivity index (χ1) is 6.09. The second kappa shape index (κ2) is 4.11. The quantitative estimate of drug-likeness (QED) is 0.576. The number of non-ortho nitro benzene ring substituents is 1. The van der Waals surface area contributed by atoms with Crippen LogP contribution in [0.4, 0.5) is 5.69 Å². The van der Waals surface area contributed by atoms with Crippen LogP contribution in [0.25, 0.3) is 0 Å². The normalized spacial score (nSPS) is 12.4. The molecule has 1 aromatic carbocycles. The molecule has 0 saturated carbocycles. The van der Waals surface area contributed by atoms with Crippen molar-refractivity contribution in [1.82, 2.24) is 0 Å². The van der Waals surface area contributed by atoms with Crippen LogP contribution in [-0.4, -0.2) is 9.13 Å². The predicted molar refractivity (Wildman–Crippen MR) is 49.1 cm³/mol. The van der Waals surface area contributed by atoms with Crippen LogP contribution in [-0.2, 0) is 16.7 Å². The molecular formula is C7H8N2O3S. The van der Waals surface area contributed by atoms with Crippen molar-refractivity contribution < 1.29 is 9.13 Å². The maximum atomic E-state index is 10.6. The molecule has 1 unspecified atom stereocenters. The maximum absolute atomic E-state index is 10.6. The summed E-state index contributed by atoms with van der Waals surface area (Å²) in [6.45, 7) is 0. The average Bonchev–Trinajstić information content (AvgIpc) is 2.03. The van der Waals surface area contributed by atoms with Crippen molar-refractivity contribution >= 4 is 16.7 Å². The molecule has 1 aromatic rings. The van der Waals surface area contributed by atoms with Crippen LogP contribution in [0.5, 0.6) is 0 Å². The van der Waals surface area contributed by atoms with Gasteiger partial charge in [0, 0.05) is 12.1 Å². The summed E-state index contributed by atoms with van der Waals surface area (Å²) >= 11 is 0. The molecule has 2 N–H and O–H groups in total. The number of nitrogens with two attached hydrogens (primary N) is 1. The maximum Gasteiger partial charge on any atom is 0.269 e. The predicted octanol–water partition coefficient (Wildman–Crippen LogP) is 0.717. The average molecular weight is 200 g/mol. The van der Waals surface area contributed by atoms with Crippen molar-refractivity contribution in [3.63, 3.8) is 0 Å². The topological polar surface area (TPSA) is 86.2 Å². The highest BCUT2D eigenvalue weighted by molar-refractivity contribution is 7.81. The van der Waals surface area contributed by atoms with Crippen LogP contribution in [0.1, 0.15) is 5.56 Å². The van der Waals surface area contributed by atoms with Crippen molar-refractivity contribution in [2.24, 2.45) is 5.14 Å². The van der Waals surface area contributed by atoms with Crippen molar-refractivity contribution in [2.75, 3.05) is 0 Å². The van der Waals surface area contributed by atoms with E-state index in [1.807, 2.05) is 0 Å². The van der Waals surface area contributed by atoms with Gasteiger partial charge in [0.2, 0.25) is 0 Å². The first-order valence-electron chi connectivity index (χ1n) is 3.45. The third-order valence-corrected chi connectivity index (χ3v) is 2.05. The van der Waals surface area contributed by atoms with E-state index >= 15 is 0 Å². The third kappa shape index (κ3) is 2.92. The summed E-state index contributed by atoms with van der Waals surface area (Å²) in [4.78, 5) is 9.84. The number of rotatable bonds is 3. The number of hydrogen-bond donors (Lipinski definition) is 1. The molecule has 13 heavy (non-hydrogen) atoms. The molecule has 70 valence electrons. The van der Waals surface area contributed by atoms with Crippen LogP contribution in [0.15, 0.2) is 24.3 Å². The highest BCUT2D eigenvalue weighted by Crippen LogP contribution is 2.13. The minimum Gasteiger partial charge on any atom is -0.258 e. The van der Waals surface area contributed by atoms with Crippen LogP contribution < -0.4 is 5.14 Å². The van der Waals surface area contributed by atoms with Gasteiger partial charge in [-0.3, -0.25) is 15.3 Å². The number of nitro groups is 1. The molecule has 5 nitrogen and oxygen atoms in total. The molecule has 6 heteroatoms. The molecule has 0 heterocycles. The molecular weight excluding hydrogens is 192 g/mol. The van der Waals surface area contributed by atoms with Gasteiger partial charge < -0.3 is 0 Å². The van der Waals surface area contributed by atoms with Crippen molar-refractivity contribution in [1.29, 1.82) is 0 Å². The molecule has 0 aromatic heterocycles. The lowest BCUT2D eigenvalue weighted by atomic mass is 10.2. The van der Waals surface area contributed by atoms with Gasteiger partial charge in [-0.1, -0.05) is 12.1 Å². The van der Waals surface area contributed by atoms with Gasteiger partial charge in [-0.25, -0.2) is 4.21 Å². The van der Waals surface area contributed by atoms with Crippen LogP contribution in [0, 0.1) is 10.1 Å². The number of nitro benzene ring substituents is 1. The fourth-order valence-corrected chi connectivity index (χ4v) is 1.43. The molecule has 0 radical (unpaired) electrons. The van der Waals surface area contributed by atoms with Gasteiger partial charge in [0.05, 0.1) is 21.7 Å². The monoisotopic (exact) mass is 200 g/mol. The smallest absolute Gasteiger partial charge is 0.258 e. The Morgan fingerprint density at radius 3 is 2.77 bits per heavy atom. The van der Waals surface area contributed by atoms with Gasteiger partial charge in [-0.2, -0.15) is 0 Å². The van der Waals surface area contributed by atoms with Gasteiger partial charge in [0.1, 0.15) is 0 Å². The molecule has 0 bridgehead atoms. The van der Waals surface area contributed by atoms with Crippen molar-refractivity contribution in [3.8, 4) is 0 Å². The molecule has 0 amide bonds. The first kappa shape index (κ1) is 9.82. The summed E-state index contributed by atoms with van der Waals surface area (Å²) < 4.78 is 10.6. The van der Waals surface area contributed by atoms with Gasteiger partial charge >= 0.3 is 0 Å². The molecule has 0 aliphatic carbocycles. The Kier molecular flexibility index (Phi) is 3.10. The molecule has 0 aliphatic heterocycles. The lowest BCUT2D eigenvalue weighted by Crippen LogP contribution is -2.05. The van der Waals surface area contributed by atoms with Crippen LogP contribution in [0.2, 0.25) is 0 Å². The van der Waals surface area contributed by atoms with E-state index in [2.05, 4.69) is 0 Å². The van der Waals surface area contributed by atoms with E-state index in [4.69, 9.17) is 5.14 Å². The van der Waals surface area contributed by atoms with Crippen LogP contribution in [0.3, 0.4) is 0 Å². The molecule has 0 saturated heterocycles. The van der Waals surface area contributed by atoms with E-state index in [0.717, 1.165) is 0 Å². The fraction of sp³-hybridized carbons (Fsp3) is 0.143. The zero-order valence-corrected chi connectivity index (χ0v) is 7.49. The standard InChI is InChI=1S/C7H8N2O3S/c8-13(12)5-6-2-1-3-7(4-6)9(10)11/h1-4H,5,8H2. The SMILES string of the molecule is NS(=O)Cc1cccc([N+](=O)[O-])c1. The highest BCUT2D eigenvalue weighted by Gasteiger charge is 2.05. The molecule has 0 aliphatic rings. The Labute approximate surface area is 77.3 Å². The Balaban J connectivity index is 2.91. The van der Waals surface area contributed by atoms with Gasteiger partial charge in [0.15, 0.2) is 0 Å². The minimum atomic E-state index is -1.46. The molecule has 0 spiro atoms. The van der Waals surface area contributed by atoms with Gasteiger partial charge in [0.25, 0.3) is 5.69 Å². The van der Waals surface area contributed by atoms with Crippen molar-refractivity contribution in [3.05, 3.63) is 39.9 Å². The molecule has 0 fully saturated rings. The zero-order chi connectivity index (χ0) is 9.84. The summed E-state index contributed by atoms with van der Waals surface area (Å²) in [5, 5.41) is 15.4. The van der Waals surface area contributed by atoms with Crippen molar-refractivity contribution in [2.45, 2.75) is 5.75 Å². The third-order valence-electron chi connectivity index (χ3n) is 1.43. The van der Waals surface area contributed by atoms with Gasteiger partial charge in [-0.15, -0.1) is 0 Å².